The lowest BCUT2D eigenvalue weighted by molar-refractivity contribution is 0.0973. The van der Waals surface area contributed by atoms with Crippen molar-refractivity contribution in [2.24, 2.45) is 11.1 Å². The smallest absolute Gasteiger partial charge is 0.230 e. The van der Waals surface area contributed by atoms with E-state index in [0.717, 1.165) is 30.8 Å². The third kappa shape index (κ3) is 3.52. The number of anilines is 2. The Labute approximate surface area is 194 Å². The van der Waals surface area contributed by atoms with Gasteiger partial charge < -0.3 is 21.1 Å². The van der Waals surface area contributed by atoms with Crippen LogP contribution in [0.25, 0.3) is 5.65 Å². The van der Waals surface area contributed by atoms with E-state index in [9.17, 15) is 0 Å². The van der Waals surface area contributed by atoms with Crippen LogP contribution in [0.4, 0.5) is 11.8 Å². The first-order valence-corrected chi connectivity index (χ1v) is 11.7. The highest BCUT2D eigenvalue weighted by Crippen LogP contribution is 2.43. The lowest BCUT2D eigenvalue weighted by atomic mass is 9.73. The van der Waals surface area contributed by atoms with Crippen molar-refractivity contribution in [1.82, 2.24) is 19.6 Å². The van der Waals surface area contributed by atoms with E-state index in [0.29, 0.717) is 39.0 Å². The minimum atomic E-state index is 0.0298. The molecule has 3 aromatic rings. The fourth-order valence-electron chi connectivity index (χ4n) is 4.46. The molecule has 2 unspecified atom stereocenters. The first kappa shape index (κ1) is 21.1. The van der Waals surface area contributed by atoms with E-state index >= 15 is 0 Å². The Kier molecular flexibility index (Phi) is 5.42. The number of nitrogens with zero attached hydrogens (tertiary/aromatic N) is 5. The average Bonchev–Trinajstić information content (AvgIpc) is 3.35. The lowest BCUT2D eigenvalue weighted by Crippen LogP contribution is -2.51. The number of hydrogen-bond acceptors (Lipinski definition) is 8. The molecule has 4 heterocycles. The summed E-state index contributed by atoms with van der Waals surface area (Å²) < 4.78 is 7.58. The standard InChI is InChI=1S/C20H23Cl2N7OS/c1-11-16(23)20(9-30-11)5-7-28(8-6-20)19-27-17(24)15(18-25-10-26-29(18)19)31-13-4-2-3-12(21)14(13)22/h2-4,10-11,16H,5-9,23-24H2,1H3. The Morgan fingerprint density at radius 2 is 2.03 bits per heavy atom. The van der Waals surface area contributed by atoms with Gasteiger partial charge in [0.15, 0.2) is 5.65 Å². The molecule has 2 aliphatic rings. The first-order valence-electron chi connectivity index (χ1n) is 10.1. The van der Waals surface area contributed by atoms with E-state index in [4.69, 9.17) is 44.4 Å². The monoisotopic (exact) mass is 479 g/mol. The van der Waals surface area contributed by atoms with Crippen molar-refractivity contribution in [1.29, 1.82) is 0 Å². The molecule has 1 aromatic carbocycles. The molecule has 2 saturated heterocycles. The topological polar surface area (TPSA) is 108 Å². The number of aromatic nitrogens is 4. The molecule has 8 nitrogen and oxygen atoms in total. The highest BCUT2D eigenvalue weighted by atomic mass is 35.5. The molecule has 2 fully saturated rings. The van der Waals surface area contributed by atoms with Gasteiger partial charge in [-0.25, -0.2) is 4.98 Å². The summed E-state index contributed by atoms with van der Waals surface area (Å²) in [5.74, 6) is 1.06. The number of nitrogens with two attached hydrogens (primary N) is 2. The minimum Gasteiger partial charge on any atom is -0.383 e. The highest BCUT2D eigenvalue weighted by Gasteiger charge is 2.47. The molecule has 0 radical (unpaired) electrons. The van der Waals surface area contributed by atoms with E-state index in [1.807, 2.05) is 12.1 Å². The summed E-state index contributed by atoms with van der Waals surface area (Å²) in [6.07, 6.45) is 3.48. The van der Waals surface area contributed by atoms with Crippen molar-refractivity contribution in [2.75, 3.05) is 30.3 Å². The molecule has 11 heteroatoms. The molecule has 0 bridgehead atoms. The van der Waals surface area contributed by atoms with Crippen LogP contribution in [0.2, 0.25) is 10.0 Å². The van der Waals surface area contributed by atoms with Gasteiger partial charge in [-0.05, 0) is 31.9 Å². The van der Waals surface area contributed by atoms with Crippen LogP contribution < -0.4 is 16.4 Å². The average molecular weight is 480 g/mol. The SMILES string of the molecule is CC1OCC2(CCN(c3nc(N)c(Sc4cccc(Cl)c4Cl)c4ncnn34)CC2)C1N. The second kappa shape index (κ2) is 7.97. The van der Waals surface area contributed by atoms with Gasteiger partial charge in [0.2, 0.25) is 5.95 Å². The lowest BCUT2D eigenvalue weighted by Gasteiger charge is -2.41. The maximum Gasteiger partial charge on any atom is 0.230 e. The van der Waals surface area contributed by atoms with Crippen molar-refractivity contribution >= 4 is 52.4 Å². The van der Waals surface area contributed by atoms with Gasteiger partial charge in [0, 0.05) is 29.4 Å². The van der Waals surface area contributed by atoms with Gasteiger partial charge in [-0.3, -0.25) is 0 Å². The predicted molar refractivity (Wildman–Crippen MR) is 123 cm³/mol. The molecule has 31 heavy (non-hydrogen) atoms. The maximum absolute atomic E-state index is 6.46. The van der Waals surface area contributed by atoms with E-state index < -0.39 is 0 Å². The third-order valence-corrected chi connectivity index (χ3v) is 8.50. The molecule has 0 amide bonds. The summed E-state index contributed by atoms with van der Waals surface area (Å²) in [6.45, 7) is 4.37. The van der Waals surface area contributed by atoms with Gasteiger partial charge in [0.05, 0.1) is 27.7 Å². The normalized spacial score (nSPS) is 23.2. The van der Waals surface area contributed by atoms with Gasteiger partial charge in [-0.15, -0.1) is 0 Å². The molecule has 2 aliphatic heterocycles. The number of nitrogen functional groups attached to an aromatic ring is 1. The molecule has 5 rings (SSSR count). The quantitative estimate of drug-likeness (QED) is 0.587. The highest BCUT2D eigenvalue weighted by molar-refractivity contribution is 7.99. The molecule has 2 atom stereocenters. The fourth-order valence-corrected chi connectivity index (χ4v) is 5.88. The molecule has 0 aliphatic carbocycles. The molecular formula is C20H23Cl2N7OS. The van der Waals surface area contributed by atoms with Crippen LogP contribution in [0.5, 0.6) is 0 Å². The Morgan fingerprint density at radius 1 is 1.26 bits per heavy atom. The van der Waals surface area contributed by atoms with Crippen LogP contribution in [0.1, 0.15) is 19.8 Å². The second-order valence-electron chi connectivity index (χ2n) is 8.17. The zero-order chi connectivity index (χ0) is 21.8. The minimum absolute atomic E-state index is 0.0298. The molecule has 1 spiro atoms. The summed E-state index contributed by atoms with van der Waals surface area (Å²) >= 11 is 13.9. The maximum atomic E-state index is 6.46. The Balaban J connectivity index is 1.45. The Morgan fingerprint density at radius 3 is 2.74 bits per heavy atom. The third-order valence-electron chi connectivity index (χ3n) is 6.41. The van der Waals surface area contributed by atoms with Crippen LogP contribution in [0.15, 0.2) is 34.3 Å². The summed E-state index contributed by atoms with van der Waals surface area (Å²) in [6, 6.07) is 5.53. The summed E-state index contributed by atoms with van der Waals surface area (Å²) in [5, 5.41) is 5.37. The molecule has 2 aromatic heterocycles. The number of benzene rings is 1. The van der Waals surface area contributed by atoms with Crippen LogP contribution in [0, 0.1) is 5.41 Å². The summed E-state index contributed by atoms with van der Waals surface area (Å²) in [4.78, 5) is 12.8. The van der Waals surface area contributed by atoms with Gasteiger partial charge in [-0.1, -0.05) is 41.0 Å². The van der Waals surface area contributed by atoms with Gasteiger partial charge in [-0.2, -0.15) is 14.6 Å². The molecule has 164 valence electrons. The molecule has 4 N–H and O–H groups in total. The molecule has 0 saturated carbocycles. The zero-order valence-electron chi connectivity index (χ0n) is 17.0. The van der Waals surface area contributed by atoms with Crippen molar-refractivity contribution in [2.45, 2.75) is 41.7 Å². The van der Waals surface area contributed by atoms with E-state index in [1.165, 1.54) is 18.1 Å². The van der Waals surface area contributed by atoms with Gasteiger partial charge in [0.1, 0.15) is 12.1 Å². The number of piperidine rings is 1. The summed E-state index contributed by atoms with van der Waals surface area (Å²) in [7, 11) is 0. The van der Waals surface area contributed by atoms with Crippen LogP contribution in [0.3, 0.4) is 0 Å². The number of halogens is 2. The van der Waals surface area contributed by atoms with Gasteiger partial charge in [0.25, 0.3) is 0 Å². The Bertz CT molecular complexity index is 1130. The number of ether oxygens (including phenoxy) is 1. The van der Waals surface area contributed by atoms with Gasteiger partial charge >= 0.3 is 0 Å². The number of fused-ring (bicyclic) bond motifs is 1. The van der Waals surface area contributed by atoms with Crippen LogP contribution in [-0.2, 0) is 4.74 Å². The number of hydrogen-bond donors (Lipinski definition) is 2. The zero-order valence-corrected chi connectivity index (χ0v) is 19.3. The van der Waals surface area contributed by atoms with Crippen LogP contribution >= 0.6 is 35.0 Å². The largest absolute Gasteiger partial charge is 0.383 e. The van der Waals surface area contributed by atoms with Crippen molar-refractivity contribution in [3.63, 3.8) is 0 Å². The van der Waals surface area contributed by atoms with Crippen molar-refractivity contribution < 1.29 is 4.74 Å². The van der Waals surface area contributed by atoms with Crippen molar-refractivity contribution in [3.05, 3.63) is 34.6 Å². The summed E-state index contributed by atoms with van der Waals surface area (Å²) in [5.41, 5.74) is 13.5. The molecular weight excluding hydrogens is 457 g/mol. The first-order chi connectivity index (χ1) is 14.9. The van der Waals surface area contributed by atoms with E-state index in [2.05, 4.69) is 21.9 Å². The van der Waals surface area contributed by atoms with E-state index in [-0.39, 0.29) is 17.6 Å². The number of rotatable bonds is 3. The van der Waals surface area contributed by atoms with Crippen LogP contribution in [-0.4, -0.2) is 51.4 Å². The Hall–Kier alpha value is -1.78. The van der Waals surface area contributed by atoms with E-state index in [1.54, 1.807) is 10.6 Å². The fraction of sp³-hybridized carbons (Fsp3) is 0.450. The second-order valence-corrected chi connectivity index (χ2v) is 10.0. The van der Waals surface area contributed by atoms with Crippen molar-refractivity contribution in [3.8, 4) is 0 Å². The predicted octanol–water partition coefficient (Wildman–Crippen LogP) is 3.50.